The van der Waals surface area contributed by atoms with Crippen LogP contribution in [0.15, 0.2) is 103 Å². The Hall–Kier alpha value is -5.48. The third kappa shape index (κ3) is 13.1. The molecule has 10 nitrogen and oxygen atoms in total. The molecule has 0 aliphatic carbocycles. The van der Waals surface area contributed by atoms with Gasteiger partial charge in [-0.2, -0.15) is 0 Å². The lowest BCUT2D eigenvalue weighted by molar-refractivity contribution is -0.134. The van der Waals surface area contributed by atoms with E-state index < -0.39 is 29.3 Å². The van der Waals surface area contributed by atoms with Crippen LogP contribution >= 0.6 is 11.6 Å². The standard InChI is InChI=1S/C40H40ClNO9/c1-2-3-4-5-6-10-25-48-38(45)30-15-21-33(22-16-30)50-39(46)31-17-23-34(24-18-31)51-40(47)35(41)26-28-13-19-32(20-14-28)49-36(43)27-42-37(44)29-11-8-7-9-12-29/h7-9,11-24,35H,2-6,10,25-27H2,1H3,(H,42,44). The molecule has 0 saturated heterocycles. The van der Waals surface area contributed by atoms with Gasteiger partial charge in [-0.1, -0.05) is 69.4 Å². The van der Waals surface area contributed by atoms with Gasteiger partial charge in [0.05, 0.1) is 17.7 Å². The van der Waals surface area contributed by atoms with E-state index in [4.69, 9.17) is 30.5 Å². The number of amides is 1. The lowest BCUT2D eigenvalue weighted by Crippen LogP contribution is -2.31. The molecule has 0 heterocycles. The summed E-state index contributed by atoms with van der Waals surface area (Å²) in [6.07, 6.45) is 6.73. The summed E-state index contributed by atoms with van der Waals surface area (Å²) < 4.78 is 21.4. The molecule has 11 heteroatoms. The summed E-state index contributed by atoms with van der Waals surface area (Å²) in [5, 5.41) is 1.48. The summed E-state index contributed by atoms with van der Waals surface area (Å²) >= 11 is 6.31. The number of rotatable bonds is 18. The first kappa shape index (κ1) is 38.3. The topological polar surface area (TPSA) is 134 Å². The van der Waals surface area contributed by atoms with Crippen molar-refractivity contribution in [3.8, 4) is 17.2 Å². The fourth-order valence-corrected chi connectivity index (χ4v) is 5.01. The highest BCUT2D eigenvalue weighted by atomic mass is 35.5. The van der Waals surface area contributed by atoms with Gasteiger partial charge in [0.15, 0.2) is 0 Å². The predicted octanol–water partition coefficient (Wildman–Crippen LogP) is 7.51. The van der Waals surface area contributed by atoms with Gasteiger partial charge in [-0.25, -0.2) is 14.4 Å². The van der Waals surface area contributed by atoms with Crippen LogP contribution in [0, 0.1) is 0 Å². The summed E-state index contributed by atoms with van der Waals surface area (Å²) in [5.41, 5.74) is 1.71. The maximum atomic E-state index is 12.7. The molecule has 1 unspecified atom stereocenters. The number of halogens is 1. The van der Waals surface area contributed by atoms with Crippen molar-refractivity contribution in [3.05, 3.63) is 125 Å². The molecule has 1 amide bonds. The Bertz CT molecular complexity index is 1740. The molecule has 51 heavy (non-hydrogen) atoms. The van der Waals surface area contributed by atoms with Crippen molar-refractivity contribution in [1.82, 2.24) is 5.32 Å². The maximum absolute atomic E-state index is 12.7. The van der Waals surface area contributed by atoms with E-state index in [1.165, 1.54) is 67.8 Å². The Morgan fingerprint density at radius 2 is 1.16 bits per heavy atom. The van der Waals surface area contributed by atoms with Crippen molar-refractivity contribution < 1.29 is 42.9 Å². The number of hydrogen-bond acceptors (Lipinski definition) is 9. The fraction of sp³-hybridized carbons (Fsp3) is 0.275. The molecule has 266 valence electrons. The second kappa shape index (κ2) is 20.3. The number of hydrogen-bond donors (Lipinski definition) is 1. The van der Waals surface area contributed by atoms with Gasteiger partial charge >= 0.3 is 23.9 Å². The Morgan fingerprint density at radius 1 is 0.608 bits per heavy atom. The molecule has 0 aliphatic heterocycles. The zero-order valence-corrected chi connectivity index (χ0v) is 29.1. The minimum atomic E-state index is -1.02. The summed E-state index contributed by atoms with van der Waals surface area (Å²) in [4.78, 5) is 61.8. The summed E-state index contributed by atoms with van der Waals surface area (Å²) in [6.45, 7) is 2.23. The molecule has 4 rings (SSSR count). The van der Waals surface area contributed by atoms with Gasteiger partial charge in [-0.05, 0) is 91.2 Å². The number of ether oxygens (including phenoxy) is 4. The van der Waals surface area contributed by atoms with Gasteiger partial charge in [0.25, 0.3) is 5.91 Å². The van der Waals surface area contributed by atoms with Gasteiger partial charge in [0, 0.05) is 5.56 Å². The van der Waals surface area contributed by atoms with E-state index in [0.717, 1.165) is 19.3 Å². The number of nitrogens with one attached hydrogen (secondary N) is 1. The normalized spacial score (nSPS) is 11.2. The van der Waals surface area contributed by atoms with Crippen LogP contribution < -0.4 is 19.5 Å². The summed E-state index contributed by atoms with van der Waals surface area (Å²) in [6, 6.07) is 26.9. The lowest BCUT2D eigenvalue weighted by Gasteiger charge is -2.11. The number of carbonyl (C=O) groups excluding carboxylic acids is 5. The fourth-order valence-electron chi connectivity index (χ4n) is 4.79. The summed E-state index contributed by atoms with van der Waals surface area (Å²) in [5.74, 6) is -2.07. The highest BCUT2D eigenvalue weighted by molar-refractivity contribution is 6.30. The zero-order chi connectivity index (χ0) is 36.4. The number of carbonyl (C=O) groups is 5. The van der Waals surface area contributed by atoms with Crippen LogP contribution in [0.1, 0.15) is 82.1 Å². The SMILES string of the molecule is CCCCCCCCOC(=O)c1ccc(OC(=O)c2ccc(OC(=O)C(Cl)Cc3ccc(OC(=O)CNC(=O)c4ccccc4)cc3)cc2)cc1. The number of alkyl halides is 1. The quantitative estimate of drug-likeness (QED) is 0.0481. The second-order valence-electron chi connectivity index (χ2n) is 11.6. The molecule has 1 atom stereocenters. The smallest absolute Gasteiger partial charge is 0.343 e. The van der Waals surface area contributed by atoms with Crippen LogP contribution in [0.3, 0.4) is 0 Å². The van der Waals surface area contributed by atoms with Crippen LogP contribution in [-0.2, 0) is 20.7 Å². The molecule has 0 bridgehead atoms. The molecular formula is C40H40ClNO9. The van der Waals surface area contributed by atoms with Crippen molar-refractivity contribution >= 4 is 41.4 Å². The van der Waals surface area contributed by atoms with E-state index in [9.17, 15) is 24.0 Å². The molecule has 0 radical (unpaired) electrons. The van der Waals surface area contributed by atoms with E-state index in [1.807, 2.05) is 0 Å². The second-order valence-corrected chi connectivity index (χ2v) is 12.1. The van der Waals surface area contributed by atoms with Gasteiger partial charge in [-0.3, -0.25) is 9.59 Å². The van der Waals surface area contributed by atoms with Crippen molar-refractivity contribution in [2.24, 2.45) is 0 Å². The van der Waals surface area contributed by atoms with E-state index in [-0.39, 0.29) is 41.7 Å². The third-order valence-electron chi connectivity index (χ3n) is 7.60. The van der Waals surface area contributed by atoms with Gasteiger partial charge in [0.2, 0.25) is 0 Å². The first-order chi connectivity index (χ1) is 24.7. The summed E-state index contributed by atoms with van der Waals surface area (Å²) in [7, 11) is 0. The molecule has 0 aromatic heterocycles. The minimum absolute atomic E-state index is 0.141. The van der Waals surface area contributed by atoms with Crippen LogP contribution in [-0.4, -0.2) is 48.3 Å². The predicted molar refractivity (Wildman–Crippen MR) is 191 cm³/mol. The molecule has 1 N–H and O–H groups in total. The third-order valence-corrected chi connectivity index (χ3v) is 7.93. The van der Waals surface area contributed by atoms with Crippen molar-refractivity contribution in [1.29, 1.82) is 0 Å². The maximum Gasteiger partial charge on any atom is 0.343 e. The largest absolute Gasteiger partial charge is 0.462 e. The van der Waals surface area contributed by atoms with Crippen LogP contribution in [0.5, 0.6) is 17.2 Å². The first-order valence-corrected chi connectivity index (χ1v) is 17.2. The molecule has 4 aromatic rings. The van der Waals surface area contributed by atoms with Crippen LogP contribution in [0.25, 0.3) is 0 Å². The molecule has 0 aliphatic rings. The molecule has 4 aromatic carbocycles. The van der Waals surface area contributed by atoms with Crippen molar-refractivity contribution in [3.63, 3.8) is 0 Å². The van der Waals surface area contributed by atoms with Gasteiger partial charge in [0.1, 0.15) is 29.2 Å². The van der Waals surface area contributed by atoms with E-state index >= 15 is 0 Å². The molecule has 0 saturated carbocycles. The zero-order valence-electron chi connectivity index (χ0n) is 28.3. The molecule has 0 fully saturated rings. The van der Waals surface area contributed by atoms with E-state index in [0.29, 0.717) is 23.3 Å². The Kier molecular flexibility index (Phi) is 15.2. The Morgan fingerprint density at radius 3 is 1.80 bits per heavy atom. The number of esters is 4. The van der Waals surface area contributed by atoms with Crippen LogP contribution in [0.4, 0.5) is 0 Å². The number of benzene rings is 4. The van der Waals surface area contributed by atoms with E-state index in [2.05, 4.69) is 12.2 Å². The monoisotopic (exact) mass is 713 g/mol. The van der Waals surface area contributed by atoms with Gasteiger partial charge < -0.3 is 24.3 Å². The van der Waals surface area contributed by atoms with Crippen molar-refractivity contribution in [2.75, 3.05) is 13.2 Å². The Labute approximate surface area is 302 Å². The van der Waals surface area contributed by atoms with Crippen LogP contribution in [0.2, 0.25) is 0 Å². The average molecular weight is 714 g/mol. The van der Waals surface area contributed by atoms with Gasteiger partial charge in [-0.15, -0.1) is 11.6 Å². The lowest BCUT2D eigenvalue weighted by atomic mass is 10.1. The Balaban J connectivity index is 1.16. The van der Waals surface area contributed by atoms with E-state index in [1.54, 1.807) is 54.6 Å². The van der Waals surface area contributed by atoms with Crippen molar-refractivity contribution in [2.45, 2.75) is 57.2 Å². The molecule has 0 spiro atoms. The highest BCUT2D eigenvalue weighted by Crippen LogP contribution is 2.20. The average Bonchev–Trinajstić information content (AvgIpc) is 3.15. The molecular weight excluding hydrogens is 674 g/mol. The highest BCUT2D eigenvalue weighted by Gasteiger charge is 2.20. The first-order valence-electron chi connectivity index (χ1n) is 16.8. The minimum Gasteiger partial charge on any atom is -0.462 e. The number of unbranched alkanes of at least 4 members (excludes halogenated alkanes) is 5.